The molecule has 0 unspecified atom stereocenters. The van der Waals surface area contributed by atoms with E-state index in [-0.39, 0.29) is 10.3 Å². The van der Waals surface area contributed by atoms with Crippen molar-refractivity contribution in [1.82, 2.24) is 4.72 Å². The number of fused-ring (bicyclic) bond motifs is 1. The predicted molar refractivity (Wildman–Crippen MR) is 376 cm³/mol. The zero-order valence-electron chi connectivity index (χ0n) is 62.7. The second kappa shape index (κ2) is 38.9. The lowest BCUT2D eigenvalue weighted by Gasteiger charge is -2.50. The molecular weight excluding hydrogens is 1640 g/mol. The van der Waals surface area contributed by atoms with E-state index in [1.807, 2.05) is 0 Å². The molecule has 40 atom stereocenters. The van der Waals surface area contributed by atoms with E-state index in [0.29, 0.717) is 16.6 Å². The number of benzene rings is 3. The van der Waals surface area contributed by atoms with Crippen molar-refractivity contribution in [1.29, 1.82) is 0 Å². The Labute approximate surface area is 670 Å². The van der Waals surface area contributed by atoms with Gasteiger partial charge in [0.1, 0.15) is 208 Å². The van der Waals surface area contributed by atoms with Crippen molar-refractivity contribution >= 4 is 42.6 Å². The highest BCUT2D eigenvalue weighted by Crippen LogP contribution is 2.41. The van der Waals surface area contributed by atoms with E-state index in [4.69, 9.17) is 84.7 Å². The number of aryl methyl sites for hydroxylation is 1. The minimum absolute atomic E-state index is 0.252. The highest BCUT2D eigenvalue weighted by Gasteiger charge is 2.61. The summed E-state index contributed by atoms with van der Waals surface area (Å²) in [6.45, 7) is -8.90. The van der Waals surface area contributed by atoms with Gasteiger partial charge in [-0.25, -0.2) is 8.42 Å². The normalized spacial score (nSPS) is 44.5. The van der Waals surface area contributed by atoms with Gasteiger partial charge in [0.05, 0.1) is 56.0 Å². The largest absolute Gasteiger partial charge is 0.462 e. The summed E-state index contributed by atoms with van der Waals surface area (Å²) in [7, 11) is -5.94. The molecule has 668 valence electrons. The van der Waals surface area contributed by atoms with Crippen molar-refractivity contribution < 1.29 is 219 Å². The molecule has 30 saturated heterocycles. The summed E-state index contributed by atoms with van der Waals surface area (Å²) in [6.07, 6.45) is -88.4. The zero-order chi connectivity index (χ0) is 85.6. The number of esters is 1. The number of ether oxygens (including phenoxy) is 17. The van der Waals surface area contributed by atoms with E-state index >= 15 is 0 Å². The van der Waals surface area contributed by atoms with Gasteiger partial charge < -0.3 is 198 Å². The van der Waals surface area contributed by atoms with Crippen LogP contribution in [0.25, 0.3) is 10.8 Å². The average Bonchev–Trinajstić information content (AvgIpc) is 0.774. The molecule has 118 heavy (non-hydrogen) atoms. The Kier molecular flexibility index (Phi) is 30.6. The number of hydrogen-bond acceptors (Lipinski definition) is 46. The molecule has 0 spiro atoms. The lowest BCUT2D eigenvalue weighted by Crippen LogP contribution is -2.69. The van der Waals surface area contributed by atoms with Crippen LogP contribution in [-0.2, 0) is 110 Å². The Balaban J connectivity index is 0.844. The summed E-state index contributed by atoms with van der Waals surface area (Å²) in [5.41, 5.74) is 1.25. The molecule has 47 nitrogen and oxygen atoms in total. The molecule has 3 aromatic carbocycles. The van der Waals surface area contributed by atoms with Gasteiger partial charge in [0.15, 0.2) is 50.3 Å². The molecule has 0 saturated carbocycles. The molecule has 30 heterocycles. The number of rotatable bonds is 17. The summed E-state index contributed by atoms with van der Waals surface area (Å²) in [5.74, 6) is -1.36. The first-order chi connectivity index (χ1) is 56.0. The predicted octanol–water partition coefficient (Wildman–Crippen LogP) is -13.9. The molecule has 23 N–H and O–H groups in total. The number of hydrogen-bond donors (Lipinski definition) is 23. The van der Waals surface area contributed by atoms with Gasteiger partial charge >= 0.3 is 5.97 Å². The smallest absolute Gasteiger partial charge is 0.321 e. The van der Waals surface area contributed by atoms with E-state index in [1.165, 1.54) is 30.3 Å². The number of nitrogens with zero attached hydrogens (tertiary/aromatic N) is 1. The van der Waals surface area contributed by atoms with Crippen LogP contribution in [0.2, 0.25) is 0 Å². The summed E-state index contributed by atoms with van der Waals surface area (Å²) in [5, 5.41) is 253. The summed E-state index contributed by atoms with van der Waals surface area (Å²) < 4.78 is 162. The van der Waals surface area contributed by atoms with Crippen LogP contribution in [0.3, 0.4) is 0 Å². The fraction of sp³-hybridized carbons (Fsp3) is 0.754. The van der Waals surface area contributed by atoms with Crippen molar-refractivity contribution in [3.8, 4) is 0 Å². The average molecular weight is 1740 g/mol. The number of carbonyl (C=O) groups excluding carboxylic acids is 1. The monoisotopic (exact) mass is 1740 g/mol. The molecule has 16 bridgehead atoms. The molecule has 0 amide bonds. The number of aliphatic hydroxyl groups is 22. The van der Waals surface area contributed by atoms with Gasteiger partial charge in [0.25, 0.3) is 10.1 Å². The molecule has 33 rings (SSSR count). The Morgan fingerprint density at radius 3 is 0.898 bits per heavy atom. The number of aliphatic hydroxyl groups excluding tert-OH is 22. The molecule has 49 heteroatoms. The van der Waals surface area contributed by atoms with Gasteiger partial charge in [-0.05, 0) is 31.2 Å². The highest BCUT2D eigenvalue weighted by atomic mass is 32.2. The van der Waals surface area contributed by atoms with E-state index < -0.39 is 336 Å². The number of sulfonamides is 1. The first-order valence-corrected chi connectivity index (χ1v) is 40.2. The molecule has 30 aliphatic rings. The van der Waals surface area contributed by atoms with Gasteiger partial charge in [-0.1, -0.05) is 42.0 Å². The van der Waals surface area contributed by atoms with E-state index in [2.05, 4.69) is 4.72 Å². The van der Waals surface area contributed by atoms with Crippen LogP contribution in [0.4, 0.5) is 5.69 Å². The van der Waals surface area contributed by atoms with E-state index in [1.54, 1.807) is 44.1 Å². The Morgan fingerprint density at radius 1 is 0.347 bits per heavy atom. The summed E-state index contributed by atoms with van der Waals surface area (Å²) in [6, 6.07) is 14.4. The standard InChI is InChI=1S/C69H100N2O45S2/c1-23-10-12-24(13-11-23)118(97,98)100-22-35-61-45(86)53(94)69(108-35)114-59-33(20-77)105-66(50(91)43(59)84)115-60-34(21-99-37(78)14-70-117(95,96)36-9-5-6-25-26(36)7-4-8-27(25)71(2)3)107-68(52(93)44(60)85)113-58-32(19-76)104-65(49(90)41(58)82)111-56-30(17-74)102-63(47(88)39(56)80)109-54-28(15-72)101-62(46(87)38(54)79)110-55-29(16-73)103-64(48(89)40(55)81)112-57-31(18-75)106-67(116-61)51(92)42(57)83/h4-13,28-35,38-70,72-77,79-94H,14-22H2,1-3H3/t28-,29-,30-,31-,32-,33-,34-,35-,38-,39-,40-,41-,42-,43-,44-,45-,46-,47-,48-,49-,50-,51-,52-,53-,54-,55-,56-,57-,58-,59-,60-,61-,62-,63-,64-,65-,66-,67-,68-,69-/m1/s1. The van der Waals surface area contributed by atoms with Gasteiger partial charge in [0.2, 0.25) is 10.0 Å². The van der Waals surface area contributed by atoms with Crippen LogP contribution < -0.4 is 9.62 Å². The fourth-order valence-corrected chi connectivity index (χ4v) is 17.3. The first kappa shape index (κ1) is 92.7. The third kappa shape index (κ3) is 19.2. The third-order valence-electron chi connectivity index (χ3n) is 21.7. The second-order valence-electron chi connectivity index (χ2n) is 29.7. The first-order valence-electron chi connectivity index (χ1n) is 37.3. The lowest BCUT2D eigenvalue weighted by atomic mass is 9.94. The Morgan fingerprint density at radius 2 is 0.610 bits per heavy atom. The van der Waals surface area contributed by atoms with Crippen molar-refractivity contribution in [2.24, 2.45) is 0 Å². The maximum absolute atomic E-state index is 13.9. The molecule has 30 fully saturated rings. The van der Waals surface area contributed by atoms with E-state index in [9.17, 15) is 134 Å². The highest BCUT2D eigenvalue weighted by molar-refractivity contribution is 7.89. The molecule has 3 aromatic rings. The van der Waals surface area contributed by atoms with Crippen LogP contribution in [0.1, 0.15) is 5.56 Å². The van der Waals surface area contributed by atoms with Crippen LogP contribution in [0.15, 0.2) is 70.5 Å². The lowest BCUT2D eigenvalue weighted by molar-refractivity contribution is -0.404. The molecule has 0 radical (unpaired) electrons. The zero-order valence-corrected chi connectivity index (χ0v) is 64.4. The maximum atomic E-state index is 13.9. The number of carbonyl (C=O) groups is 1. The Hall–Kier alpha value is -4.51. The Bertz CT molecular complexity index is 3990. The fourth-order valence-electron chi connectivity index (χ4n) is 15.2. The number of nitrogens with one attached hydrogen (secondary N) is 1. The van der Waals surface area contributed by atoms with Gasteiger partial charge in [-0.2, -0.15) is 13.1 Å². The molecule has 0 aliphatic carbocycles. The van der Waals surface area contributed by atoms with Crippen molar-refractivity contribution in [3.05, 3.63) is 66.2 Å². The minimum Gasteiger partial charge on any atom is -0.462 e. The quantitative estimate of drug-likeness (QED) is 0.0441. The van der Waals surface area contributed by atoms with Crippen molar-refractivity contribution in [2.75, 3.05) is 78.4 Å². The molecule has 0 aromatic heterocycles. The van der Waals surface area contributed by atoms with Crippen LogP contribution in [0, 0.1) is 6.92 Å². The molecule has 30 aliphatic heterocycles. The van der Waals surface area contributed by atoms with Gasteiger partial charge in [0, 0.05) is 30.6 Å². The van der Waals surface area contributed by atoms with Crippen LogP contribution in [-0.4, -0.2) is 454 Å². The summed E-state index contributed by atoms with van der Waals surface area (Å²) >= 11 is 0. The SMILES string of the molecule is Cc1ccc(S(=O)(=O)OC[C@H]2O[C@@H]3O[C@H]4[C@H](O)[C@@H](O)[C@@H](O[C@H]5[C@H](O)[C@@H](O)[C@@H](O[C@H]6[C@H](O)[C@@H](O)[C@@H](O[C@H]7[C@H](O)[C@@H](O)[C@@H](O[C@H]8[C@H](O)[C@@H](O)[C@@H](O[C@H]9[C@H](O)[C@@H](O)[C@@H](O[C@H]%10[C@H](O)[C@@H](O)[C@@H](O[C@H]2[C@H](O)[C@H]3O)O[C@@H]%10CO)O[C@@H]9CO)O[C@@H]8CO)O[C@@H]7CO)O[C@@H]6CO)O[C@@H]5COC(=O)CNS(=O)(=O)c2cccc3c(N(C)C)cccc23)O[C@@H]4CO)cc1. The maximum Gasteiger partial charge on any atom is 0.321 e. The second-order valence-corrected chi connectivity index (χ2v) is 33.0. The van der Waals surface area contributed by atoms with Crippen LogP contribution >= 0.6 is 0 Å². The van der Waals surface area contributed by atoms with Gasteiger partial charge in [-0.3, -0.25) is 8.98 Å². The van der Waals surface area contributed by atoms with Crippen LogP contribution in [0.5, 0.6) is 0 Å². The minimum atomic E-state index is -4.83. The summed E-state index contributed by atoms with van der Waals surface area (Å²) in [4.78, 5) is 14.8. The topological polar surface area (TPSA) is 712 Å². The molecular formula is C69H100N2O45S2. The third-order valence-corrected chi connectivity index (χ3v) is 24.4. The number of anilines is 1. The van der Waals surface area contributed by atoms with E-state index in [0.717, 1.165) is 12.1 Å². The van der Waals surface area contributed by atoms with Gasteiger partial charge in [-0.15, -0.1) is 0 Å². The van der Waals surface area contributed by atoms with Crippen molar-refractivity contribution in [2.45, 2.75) is 262 Å². The van der Waals surface area contributed by atoms with Crippen molar-refractivity contribution in [3.63, 3.8) is 0 Å².